The molecule has 1 N–H and O–H groups in total. The normalized spacial score (nSPS) is 15.9. The van der Waals surface area contributed by atoms with Gasteiger partial charge in [-0.05, 0) is 49.1 Å². The Hall–Kier alpha value is -2.52. The van der Waals surface area contributed by atoms with Crippen LogP contribution in [0.1, 0.15) is 41.1 Å². The minimum absolute atomic E-state index is 0.168. The van der Waals surface area contributed by atoms with E-state index in [1.54, 1.807) is 18.4 Å². The summed E-state index contributed by atoms with van der Waals surface area (Å²) in [6.07, 6.45) is 4.08. The van der Waals surface area contributed by atoms with Gasteiger partial charge in [0.1, 0.15) is 16.4 Å². The standard InChI is InChI=1S/C20H21N3O4S2/c1-3-27-20(26)16-12-5-4-11(2)8-14(12)29-18(16)22-15(24)9-23-10-21-17-13(19(23)25)6-7-28-17/h6-7,10-11H,3-5,8-9H2,1-2H3,(H,22,24). The van der Waals surface area contributed by atoms with Crippen LogP contribution in [0.3, 0.4) is 0 Å². The van der Waals surface area contributed by atoms with Crippen LogP contribution in [0.25, 0.3) is 10.2 Å². The second-order valence-corrected chi connectivity index (χ2v) is 9.14. The third-order valence-corrected chi connectivity index (χ3v) is 7.00. The zero-order chi connectivity index (χ0) is 20.5. The van der Waals surface area contributed by atoms with Gasteiger partial charge in [0.2, 0.25) is 5.91 Å². The smallest absolute Gasteiger partial charge is 0.341 e. The minimum atomic E-state index is -0.409. The lowest BCUT2D eigenvalue weighted by Gasteiger charge is -2.18. The first-order valence-electron chi connectivity index (χ1n) is 9.52. The highest BCUT2D eigenvalue weighted by molar-refractivity contribution is 7.17. The third-order valence-electron chi connectivity index (χ3n) is 5.01. The number of ether oxygens (including phenoxy) is 1. The van der Waals surface area contributed by atoms with Crippen LogP contribution in [0.4, 0.5) is 5.00 Å². The van der Waals surface area contributed by atoms with Crippen LogP contribution in [0, 0.1) is 5.92 Å². The molecule has 1 aliphatic rings. The Morgan fingerprint density at radius 3 is 3.03 bits per heavy atom. The van der Waals surface area contributed by atoms with Gasteiger partial charge in [0.05, 0.1) is 23.9 Å². The quantitative estimate of drug-likeness (QED) is 0.625. The number of esters is 1. The Labute approximate surface area is 175 Å². The van der Waals surface area contributed by atoms with E-state index in [4.69, 9.17) is 4.74 Å². The van der Waals surface area contributed by atoms with Crippen molar-refractivity contribution in [1.82, 2.24) is 9.55 Å². The Kier molecular flexibility index (Phi) is 5.51. The van der Waals surface area contributed by atoms with Gasteiger partial charge >= 0.3 is 5.97 Å². The maximum Gasteiger partial charge on any atom is 0.341 e. The van der Waals surface area contributed by atoms with Gasteiger partial charge in [-0.25, -0.2) is 9.78 Å². The molecule has 4 rings (SSSR count). The van der Waals surface area contributed by atoms with Crippen LogP contribution in [-0.2, 0) is 28.9 Å². The van der Waals surface area contributed by atoms with Crippen molar-refractivity contribution in [3.05, 3.63) is 44.1 Å². The fourth-order valence-electron chi connectivity index (χ4n) is 3.58. The lowest BCUT2D eigenvalue weighted by molar-refractivity contribution is -0.116. The van der Waals surface area contributed by atoms with E-state index in [1.807, 2.05) is 0 Å². The van der Waals surface area contributed by atoms with Crippen molar-refractivity contribution in [2.45, 2.75) is 39.7 Å². The van der Waals surface area contributed by atoms with E-state index in [2.05, 4.69) is 17.2 Å². The average Bonchev–Trinajstić information content (AvgIpc) is 3.28. The maximum absolute atomic E-state index is 12.7. The van der Waals surface area contributed by atoms with Crippen LogP contribution in [0.15, 0.2) is 22.6 Å². The number of carbonyl (C=O) groups is 2. The summed E-state index contributed by atoms with van der Waals surface area (Å²) in [5.74, 6) is -0.240. The van der Waals surface area contributed by atoms with Crippen molar-refractivity contribution in [3.8, 4) is 0 Å². The molecule has 0 aliphatic heterocycles. The number of amides is 1. The molecule has 7 nitrogen and oxygen atoms in total. The minimum Gasteiger partial charge on any atom is -0.462 e. The Morgan fingerprint density at radius 1 is 1.41 bits per heavy atom. The highest BCUT2D eigenvalue weighted by Crippen LogP contribution is 2.40. The van der Waals surface area contributed by atoms with Crippen molar-refractivity contribution in [1.29, 1.82) is 0 Å². The summed E-state index contributed by atoms with van der Waals surface area (Å²) in [6, 6.07) is 1.71. The topological polar surface area (TPSA) is 90.3 Å². The molecule has 0 spiro atoms. The monoisotopic (exact) mass is 431 g/mol. The number of thiophene rings is 2. The summed E-state index contributed by atoms with van der Waals surface area (Å²) in [6.45, 7) is 4.05. The van der Waals surface area contributed by atoms with Gasteiger partial charge < -0.3 is 10.1 Å². The number of nitrogens with one attached hydrogen (secondary N) is 1. The maximum atomic E-state index is 12.7. The average molecular weight is 432 g/mol. The molecule has 9 heteroatoms. The van der Waals surface area contributed by atoms with Gasteiger partial charge in [-0.2, -0.15) is 0 Å². The van der Waals surface area contributed by atoms with E-state index in [0.29, 0.717) is 26.7 Å². The van der Waals surface area contributed by atoms with Crippen LogP contribution < -0.4 is 10.9 Å². The van der Waals surface area contributed by atoms with E-state index in [0.717, 1.165) is 29.7 Å². The zero-order valence-electron chi connectivity index (χ0n) is 16.2. The number of aromatic nitrogens is 2. The molecule has 0 aromatic carbocycles. The number of nitrogens with zero attached hydrogens (tertiary/aromatic N) is 2. The number of rotatable bonds is 5. The molecule has 1 amide bonds. The van der Waals surface area contributed by atoms with E-state index in [9.17, 15) is 14.4 Å². The molecule has 3 aromatic heterocycles. The van der Waals surface area contributed by atoms with Gasteiger partial charge in [0, 0.05) is 4.88 Å². The molecule has 0 radical (unpaired) electrons. The van der Waals surface area contributed by atoms with Gasteiger partial charge in [-0.15, -0.1) is 22.7 Å². The van der Waals surface area contributed by atoms with E-state index < -0.39 is 5.97 Å². The summed E-state index contributed by atoms with van der Waals surface area (Å²) in [5, 5.41) is 5.63. The van der Waals surface area contributed by atoms with E-state index >= 15 is 0 Å². The molecular weight excluding hydrogens is 410 g/mol. The lowest BCUT2D eigenvalue weighted by Crippen LogP contribution is -2.27. The Balaban J connectivity index is 1.61. The number of anilines is 1. The molecule has 29 heavy (non-hydrogen) atoms. The van der Waals surface area contributed by atoms with Crippen molar-refractivity contribution in [3.63, 3.8) is 0 Å². The summed E-state index contributed by atoms with van der Waals surface area (Å²) in [4.78, 5) is 43.7. The predicted octanol–water partition coefficient (Wildman–Crippen LogP) is 3.46. The number of hydrogen-bond donors (Lipinski definition) is 1. The summed E-state index contributed by atoms with van der Waals surface area (Å²) >= 11 is 2.81. The zero-order valence-corrected chi connectivity index (χ0v) is 17.8. The molecule has 0 bridgehead atoms. The Morgan fingerprint density at radius 2 is 2.24 bits per heavy atom. The fourth-order valence-corrected chi connectivity index (χ4v) is 5.72. The molecule has 3 aromatic rings. The van der Waals surface area contributed by atoms with Crippen LogP contribution in [0.5, 0.6) is 0 Å². The first-order valence-corrected chi connectivity index (χ1v) is 11.2. The van der Waals surface area contributed by atoms with Gasteiger partial charge in [-0.3, -0.25) is 14.2 Å². The third kappa shape index (κ3) is 3.84. The predicted molar refractivity (Wildman–Crippen MR) is 114 cm³/mol. The molecule has 3 heterocycles. The highest BCUT2D eigenvalue weighted by atomic mass is 32.1. The van der Waals surface area contributed by atoms with Gasteiger partial charge in [-0.1, -0.05) is 6.92 Å². The van der Waals surface area contributed by atoms with Gasteiger partial charge in [0.15, 0.2) is 0 Å². The molecule has 0 saturated carbocycles. The summed E-state index contributed by atoms with van der Waals surface area (Å²) in [5.41, 5.74) is 1.20. The first-order chi connectivity index (χ1) is 14.0. The van der Waals surface area contributed by atoms with Crippen LogP contribution >= 0.6 is 22.7 Å². The molecule has 1 aliphatic carbocycles. The second-order valence-electron chi connectivity index (χ2n) is 7.14. The van der Waals surface area contributed by atoms with Crippen LogP contribution in [0.2, 0.25) is 0 Å². The van der Waals surface area contributed by atoms with E-state index in [-0.39, 0.29) is 24.6 Å². The van der Waals surface area contributed by atoms with Crippen molar-refractivity contribution in [2.24, 2.45) is 5.92 Å². The number of hydrogen-bond acceptors (Lipinski definition) is 7. The highest BCUT2D eigenvalue weighted by Gasteiger charge is 2.29. The van der Waals surface area contributed by atoms with Crippen LogP contribution in [-0.4, -0.2) is 28.0 Å². The van der Waals surface area contributed by atoms with Crippen molar-refractivity contribution >= 4 is 49.8 Å². The molecule has 0 saturated heterocycles. The van der Waals surface area contributed by atoms with Gasteiger partial charge in [0.25, 0.3) is 5.56 Å². The van der Waals surface area contributed by atoms with Crippen molar-refractivity contribution in [2.75, 3.05) is 11.9 Å². The van der Waals surface area contributed by atoms with Crippen molar-refractivity contribution < 1.29 is 14.3 Å². The lowest BCUT2D eigenvalue weighted by atomic mass is 9.88. The Bertz CT molecular complexity index is 1140. The molecule has 1 atom stereocenters. The summed E-state index contributed by atoms with van der Waals surface area (Å²) < 4.78 is 6.51. The SMILES string of the molecule is CCOC(=O)c1c(NC(=O)Cn2cnc3sccc3c2=O)sc2c1CCC(C)C2. The number of fused-ring (bicyclic) bond motifs is 2. The second kappa shape index (κ2) is 8.08. The molecule has 1 unspecified atom stereocenters. The first kappa shape index (κ1) is 19.8. The molecular formula is C20H21N3O4S2. The largest absolute Gasteiger partial charge is 0.462 e. The molecule has 152 valence electrons. The van der Waals surface area contributed by atoms with E-state index in [1.165, 1.54) is 33.6 Å². The summed E-state index contributed by atoms with van der Waals surface area (Å²) in [7, 11) is 0. The fraction of sp³-hybridized carbons (Fsp3) is 0.400. The number of carbonyl (C=O) groups excluding carboxylic acids is 2. The molecule has 0 fully saturated rings.